The number of phenols is 1. The molecule has 3 rings (SSSR count). The third kappa shape index (κ3) is 3.01. The second-order valence-electron chi connectivity index (χ2n) is 6.26. The van der Waals surface area contributed by atoms with Gasteiger partial charge in [0, 0.05) is 31.3 Å². The molecule has 136 valence electrons. The van der Waals surface area contributed by atoms with Crippen LogP contribution in [0.3, 0.4) is 0 Å². The zero-order valence-electron chi connectivity index (χ0n) is 14.4. The highest BCUT2D eigenvalue weighted by Gasteiger charge is 2.32. The fraction of sp³-hybridized carbons (Fsp3) is 0.263. The molecule has 26 heavy (non-hydrogen) atoms. The molecule has 0 aromatic heterocycles. The number of rotatable bonds is 2. The quantitative estimate of drug-likeness (QED) is 0.876. The Bertz CT molecular complexity index is 886. The number of hydrogen-bond donors (Lipinski definition) is 1. The van der Waals surface area contributed by atoms with Gasteiger partial charge in [-0.15, -0.1) is 0 Å². The molecular formula is C19H18ClFN2O3. The second kappa shape index (κ2) is 6.96. The van der Waals surface area contributed by atoms with Crippen LogP contribution in [0.5, 0.6) is 5.75 Å². The molecule has 0 aliphatic carbocycles. The number of likely N-dealkylation sites (N-methyl/N-ethyl adjacent to an activating group) is 1. The van der Waals surface area contributed by atoms with Crippen LogP contribution in [0.25, 0.3) is 11.1 Å². The van der Waals surface area contributed by atoms with Gasteiger partial charge in [-0.3, -0.25) is 9.59 Å². The number of nitrogens with zero attached hydrogens (tertiary/aromatic N) is 2. The van der Waals surface area contributed by atoms with E-state index in [2.05, 4.69) is 0 Å². The fourth-order valence-corrected chi connectivity index (χ4v) is 3.31. The van der Waals surface area contributed by atoms with E-state index in [1.165, 1.54) is 16.7 Å². The molecule has 0 atom stereocenters. The van der Waals surface area contributed by atoms with Crippen LogP contribution in [0, 0.1) is 12.7 Å². The van der Waals surface area contributed by atoms with Crippen molar-refractivity contribution in [3.05, 3.63) is 52.3 Å². The highest BCUT2D eigenvalue weighted by Crippen LogP contribution is 2.41. The highest BCUT2D eigenvalue weighted by atomic mass is 35.5. The largest absolute Gasteiger partial charge is 0.507 e. The van der Waals surface area contributed by atoms with Crippen molar-refractivity contribution in [1.82, 2.24) is 9.80 Å². The van der Waals surface area contributed by atoms with E-state index < -0.39 is 17.5 Å². The first-order valence-corrected chi connectivity index (χ1v) is 8.50. The van der Waals surface area contributed by atoms with Crippen LogP contribution < -0.4 is 0 Å². The lowest BCUT2D eigenvalue weighted by Crippen LogP contribution is -2.50. The lowest BCUT2D eigenvalue weighted by Gasteiger charge is -2.32. The summed E-state index contributed by atoms with van der Waals surface area (Å²) in [5, 5.41) is 10.3. The van der Waals surface area contributed by atoms with Crippen molar-refractivity contribution < 1.29 is 19.1 Å². The van der Waals surface area contributed by atoms with Crippen LogP contribution in [0.15, 0.2) is 30.3 Å². The zero-order valence-corrected chi connectivity index (χ0v) is 15.2. The first kappa shape index (κ1) is 18.2. The molecule has 0 bridgehead atoms. The average molecular weight is 377 g/mol. The minimum atomic E-state index is -0.769. The van der Waals surface area contributed by atoms with E-state index in [0.717, 1.165) is 0 Å². The number of halogens is 2. The van der Waals surface area contributed by atoms with Crippen molar-refractivity contribution >= 4 is 23.4 Å². The molecule has 1 heterocycles. The molecule has 2 amide bonds. The maximum absolute atomic E-state index is 14.5. The van der Waals surface area contributed by atoms with Gasteiger partial charge in [-0.1, -0.05) is 41.9 Å². The van der Waals surface area contributed by atoms with Gasteiger partial charge < -0.3 is 14.9 Å². The Morgan fingerprint density at radius 2 is 1.88 bits per heavy atom. The van der Waals surface area contributed by atoms with Crippen molar-refractivity contribution in [2.45, 2.75) is 6.92 Å². The van der Waals surface area contributed by atoms with Gasteiger partial charge in [0.15, 0.2) is 0 Å². The third-order valence-corrected chi connectivity index (χ3v) is 4.96. The molecule has 5 nitrogen and oxygen atoms in total. The number of piperazine rings is 1. The first-order valence-electron chi connectivity index (χ1n) is 8.12. The molecule has 0 saturated carbocycles. The smallest absolute Gasteiger partial charge is 0.258 e. The summed E-state index contributed by atoms with van der Waals surface area (Å²) in [7, 11) is 1.66. The molecule has 1 aliphatic rings. The number of benzene rings is 2. The molecule has 7 heteroatoms. The molecule has 1 aliphatic heterocycles. The van der Waals surface area contributed by atoms with Crippen LogP contribution in [0.1, 0.15) is 15.9 Å². The number of phenolic OH excluding ortho intramolecular Hbond substituents is 1. The van der Waals surface area contributed by atoms with Crippen molar-refractivity contribution in [1.29, 1.82) is 0 Å². The van der Waals surface area contributed by atoms with E-state index in [1.54, 1.807) is 37.4 Å². The van der Waals surface area contributed by atoms with Crippen LogP contribution in [-0.4, -0.2) is 53.4 Å². The maximum Gasteiger partial charge on any atom is 0.258 e. The lowest BCUT2D eigenvalue weighted by atomic mass is 9.94. The van der Waals surface area contributed by atoms with Gasteiger partial charge in [0.1, 0.15) is 18.1 Å². The number of aromatic hydroxyl groups is 1. The predicted molar refractivity (Wildman–Crippen MR) is 96.8 cm³/mol. The maximum atomic E-state index is 14.5. The van der Waals surface area contributed by atoms with Gasteiger partial charge in [0.2, 0.25) is 5.91 Å². The highest BCUT2D eigenvalue weighted by molar-refractivity contribution is 6.34. The van der Waals surface area contributed by atoms with Gasteiger partial charge in [0.05, 0.1) is 10.6 Å². The summed E-state index contributed by atoms with van der Waals surface area (Å²) < 4.78 is 14.5. The van der Waals surface area contributed by atoms with Gasteiger partial charge in [-0.25, -0.2) is 4.39 Å². The van der Waals surface area contributed by atoms with Gasteiger partial charge >= 0.3 is 0 Å². The number of carbonyl (C=O) groups excluding carboxylic acids is 2. The summed E-state index contributed by atoms with van der Waals surface area (Å²) >= 11 is 6.21. The van der Waals surface area contributed by atoms with E-state index in [-0.39, 0.29) is 34.2 Å². The minimum Gasteiger partial charge on any atom is -0.507 e. The van der Waals surface area contributed by atoms with E-state index in [4.69, 9.17) is 11.6 Å². The Morgan fingerprint density at radius 3 is 2.50 bits per heavy atom. The molecule has 0 radical (unpaired) electrons. The Morgan fingerprint density at radius 1 is 1.23 bits per heavy atom. The van der Waals surface area contributed by atoms with E-state index in [1.807, 2.05) is 0 Å². The number of hydrogen-bond acceptors (Lipinski definition) is 3. The molecular weight excluding hydrogens is 359 g/mol. The Kier molecular flexibility index (Phi) is 4.87. The van der Waals surface area contributed by atoms with E-state index >= 15 is 0 Å². The van der Waals surface area contributed by atoms with E-state index in [9.17, 15) is 19.1 Å². The Balaban J connectivity index is 2.17. The van der Waals surface area contributed by atoms with Crippen LogP contribution in [0.4, 0.5) is 4.39 Å². The van der Waals surface area contributed by atoms with Crippen molar-refractivity contribution in [2.24, 2.45) is 0 Å². The summed E-state index contributed by atoms with van der Waals surface area (Å²) in [6.45, 7) is 1.97. The summed E-state index contributed by atoms with van der Waals surface area (Å²) in [6.07, 6.45) is 0. The average Bonchev–Trinajstić information content (AvgIpc) is 2.65. The van der Waals surface area contributed by atoms with Crippen molar-refractivity contribution in [2.75, 3.05) is 26.7 Å². The molecule has 0 spiro atoms. The molecule has 1 fully saturated rings. The predicted octanol–water partition coefficient (Wildman–Crippen LogP) is 3.07. The normalized spacial score (nSPS) is 14.7. The molecule has 2 aromatic carbocycles. The molecule has 2 aromatic rings. The minimum absolute atomic E-state index is 0.0857. The number of amides is 2. The summed E-state index contributed by atoms with van der Waals surface area (Å²) in [6, 6.07) is 8.60. The van der Waals surface area contributed by atoms with Gasteiger partial charge in [0.25, 0.3) is 5.91 Å². The topological polar surface area (TPSA) is 60.9 Å². The lowest BCUT2D eigenvalue weighted by molar-refractivity contribution is -0.133. The Labute approximate surface area is 155 Å². The van der Waals surface area contributed by atoms with Gasteiger partial charge in [-0.05, 0) is 12.5 Å². The van der Waals surface area contributed by atoms with Crippen LogP contribution >= 0.6 is 11.6 Å². The molecule has 0 unspecified atom stereocenters. The monoisotopic (exact) mass is 376 g/mol. The second-order valence-corrected chi connectivity index (χ2v) is 6.64. The van der Waals surface area contributed by atoms with Gasteiger partial charge in [-0.2, -0.15) is 0 Å². The number of carbonyl (C=O) groups is 2. The summed E-state index contributed by atoms with van der Waals surface area (Å²) in [5.41, 5.74) is 0.454. The molecule has 1 N–H and O–H groups in total. The summed E-state index contributed by atoms with van der Waals surface area (Å²) in [4.78, 5) is 27.9. The SMILES string of the molecule is Cc1c(O)c(C(=O)N2CCN(C)C(=O)C2)c(-c2ccccc2)c(Cl)c1F. The summed E-state index contributed by atoms with van der Waals surface area (Å²) in [5.74, 6) is -1.97. The fourth-order valence-electron chi connectivity index (χ4n) is 2.97. The third-order valence-electron chi connectivity index (χ3n) is 4.60. The first-order chi connectivity index (χ1) is 12.3. The Hall–Kier alpha value is -2.60. The van der Waals surface area contributed by atoms with Crippen molar-refractivity contribution in [3.63, 3.8) is 0 Å². The molecule has 1 saturated heterocycles. The van der Waals surface area contributed by atoms with E-state index in [0.29, 0.717) is 18.7 Å². The van der Waals surface area contributed by atoms with Crippen molar-refractivity contribution in [3.8, 4) is 16.9 Å². The van der Waals surface area contributed by atoms with Crippen LogP contribution in [-0.2, 0) is 4.79 Å². The standard InChI is InChI=1S/C19H18ClFN2O3/c1-11-17(21)16(20)14(12-6-4-3-5-7-12)15(18(11)25)19(26)23-9-8-22(2)13(24)10-23/h3-7,25H,8-10H2,1-2H3. The van der Waals surface area contributed by atoms with Crippen LogP contribution in [0.2, 0.25) is 5.02 Å². The zero-order chi connectivity index (χ0) is 19.0.